The number of thiazole rings is 1. The van der Waals surface area contributed by atoms with Gasteiger partial charge in [-0.2, -0.15) is 5.10 Å². The molecule has 0 amide bonds. The normalized spacial score (nSPS) is 12.1. The van der Waals surface area contributed by atoms with E-state index >= 15 is 0 Å². The molecule has 1 heterocycles. The average molecular weight is 458 g/mol. The number of aromatic nitrogens is 1. The number of phenolic OH excluding ortho intramolecular Hbond substituents is 1. The minimum absolute atomic E-state index is 0.0908. The van der Waals surface area contributed by atoms with E-state index in [4.69, 9.17) is 34.8 Å². The van der Waals surface area contributed by atoms with Crippen LogP contribution in [0.25, 0.3) is 11.3 Å². The standard InChI is InChI=1S/C17H11Cl3N4O3S/c1-21-17-23(15(8-28-17)12-3-2-10(18)5-13(12)20)22-7-9-4-11(19)6-14(16(9)25)24(26)27/h2-8,25H,1H3. The van der Waals surface area contributed by atoms with Gasteiger partial charge in [0.25, 0.3) is 0 Å². The molecule has 0 fully saturated rings. The molecule has 28 heavy (non-hydrogen) atoms. The minimum Gasteiger partial charge on any atom is -0.502 e. The second kappa shape index (κ2) is 8.32. The third-order valence-electron chi connectivity index (χ3n) is 3.68. The summed E-state index contributed by atoms with van der Waals surface area (Å²) in [5.74, 6) is -0.532. The molecule has 0 saturated carbocycles. The lowest BCUT2D eigenvalue weighted by molar-refractivity contribution is -0.385. The van der Waals surface area contributed by atoms with Crippen LogP contribution in [0.15, 0.2) is 45.8 Å². The molecule has 7 nitrogen and oxygen atoms in total. The zero-order chi connectivity index (χ0) is 20.4. The number of rotatable bonds is 4. The Balaban J connectivity index is 2.14. The molecule has 0 radical (unpaired) electrons. The Bertz CT molecular complexity index is 1170. The molecule has 11 heteroatoms. The summed E-state index contributed by atoms with van der Waals surface area (Å²) >= 11 is 19.5. The molecular formula is C17H11Cl3N4O3S. The van der Waals surface area contributed by atoms with Gasteiger partial charge in [0.15, 0.2) is 0 Å². The average Bonchev–Trinajstić information content (AvgIpc) is 3.04. The summed E-state index contributed by atoms with van der Waals surface area (Å²) in [5, 5.41) is 28.4. The van der Waals surface area contributed by atoms with Crippen LogP contribution < -0.4 is 4.80 Å². The number of nitrogens with zero attached hydrogens (tertiary/aromatic N) is 4. The van der Waals surface area contributed by atoms with Crippen LogP contribution >= 0.6 is 46.1 Å². The maximum absolute atomic E-state index is 11.1. The molecule has 2 aromatic carbocycles. The maximum atomic E-state index is 11.1. The lowest BCUT2D eigenvalue weighted by Gasteiger charge is -2.06. The van der Waals surface area contributed by atoms with E-state index in [9.17, 15) is 15.2 Å². The highest BCUT2D eigenvalue weighted by atomic mass is 35.5. The summed E-state index contributed by atoms with van der Waals surface area (Å²) in [7, 11) is 1.60. The Morgan fingerprint density at radius 3 is 2.61 bits per heavy atom. The van der Waals surface area contributed by atoms with E-state index in [1.165, 1.54) is 28.3 Å². The fourth-order valence-electron chi connectivity index (χ4n) is 2.41. The van der Waals surface area contributed by atoms with Crippen molar-refractivity contribution >= 4 is 58.0 Å². The van der Waals surface area contributed by atoms with Crippen LogP contribution in [0.4, 0.5) is 5.69 Å². The molecule has 0 aliphatic heterocycles. The summed E-state index contributed by atoms with van der Waals surface area (Å²) in [6, 6.07) is 7.50. The number of hydrogen-bond acceptors (Lipinski definition) is 6. The number of nitro benzene ring substituents is 1. The van der Waals surface area contributed by atoms with E-state index in [-0.39, 0.29) is 10.6 Å². The molecular weight excluding hydrogens is 447 g/mol. The van der Waals surface area contributed by atoms with E-state index in [1.807, 2.05) is 5.38 Å². The highest BCUT2D eigenvalue weighted by Crippen LogP contribution is 2.33. The third-order valence-corrected chi connectivity index (χ3v) is 5.35. The smallest absolute Gasteiger partial charge is 0.312 e. The molecule has 0 saturated heterocycles. The molecule has 1 aromatic heterocycles. The zero-order valence-corrected chi connectivity index (χ0v) is 17.2. The lowest BCUT2D eigenvalue weighted by Crippen LogP contribution is -2.11. The molecule has 0 aliphatic carbocycles. The number of nitro groups is 1. The van der Waals surface area contributed by atoms with Crippen molar-refractivity contribution in [1.82, 2.24) is 4.68 Å². The fraction of sp³-hybridized carbons (Fsp3) is 0.0588. The highest BCUT2D eigenvalue weighted by Gasteiger charge is 2.18. The largest absolute Gasteiger partial charge is 0.502 e. The van der Waals surface area contributed by atoms with Gasteiger partial charge in [-0.15, -0.1) is 11.3 Å². The van der Waals surface area contributed by atoms with Crippen LogP contribution in [0.5, 0.6) is 5.75 Å². The molecule has 3 rings (SSSR count). The van der Waals surface area contributed by atoms with Gasteiger partial charge in [-0.05, 0) is 24.3 Å². The molecule has 0 bridgehead atoms. The summed E-state index contributed by atoms with van der Waals surface area (Å²) in [4.78, 5) is 15.1. The van der Waals surface area contributed by atoms with Crippen LogP contribution in [0.3, 0.4) is 0 Å². The summed E-state index contributed by atoms with van der Waals surface area (Å²) in [6.45, 7) is 0. The van der Waals surface area contributed by atoms with Crippen molar-refractivity contribution in [3.63, 3.8) is 0 Å². The Morgan fingerprint density at radius 2 is 1.96 bits per heavy atom. The van der Waals surface area contributed by atoms with Crippen molar-refractivity contribution < 1.29 is 10.0 Å². The second-order valence-corrected chi connectivity index (χ2v) is 7.54. The third kappa shape index (κ3) is 4.05. The molecule has 0 unspecified atom stereocenters. The van der Waals surface area contributed by atoms with Gasteiger partial charge in [0.05, 0.1) is 21.9 Å². The van der Waals surface area contributed by atoms with Gasteiger partial charge in [-0.1, -0.05) is 34.8 Å². The van der Waals surface area contributed by atoms with Crippen molar-refractivity contribution in [2.45, 2.75) is 0 Å². The van der Waals surface area contributed by atoms with E-state index in [2.05, 4.69) is 10.1 Å². The predicted molar refractivity (Wildman–Crippen MR) is 112 cm³/mol. The Kier molecular flexibility index (Phi) is 6.04. The lowest BCUT2D eigenvalue weighted by atomic mass is 10.2. The summed E-state index contributed by atoms with van der Waals surface area (Å²) in [5.41, 5.74) is 0.897. The monoisotopic (exact) mass is 456 g/mol. The Labute approximate surface area is 177 Å². The van der Waals surface area contributed by atoms with E-state index in [0.29, 0.717) is 26.1 Å². The molecule has 1 N–H and O–H groups in total. The SMILES string of the molecule is CN=c1scc(-c2ccc(Cl)cc2Cl)n1N=Cc1cc(Cl)cc([N+](=O)[O-])c1O. The highest BCUT2D eigenvalue weighted by molar-refractivity contribution is 7.07. The molecule has 0 aliphatic rings. The predicted octanol–water partition coefficient (Wildman–Crippen LogP) is 5.20. The number of halogens is 3. The van der Waals surface area contributed by atoms with Gasteiger partial charge in [-0.25, -0.2) is 4.68 Å². The van der Waals surface area contributed by atoms with Gasteiger partial charge in [0.2, 0.25) is 10.6 Å². The van der Waals surface area contributed by atoms with E-state index in [1.54, 1.807) is 25.2 Å². The van der Waals surface area contributed by atoms with Crippen LogP contribution in [-0.2, 0) is 0 Å². The quantitative estimate of drug-likeness (QED) is 0.331. The van der Waals surface area contributed by atoms with Crippen molar-refractivity contribution in [3.05, 3.63) is 71.3 Å². The van der Waals surface area contributed by atoms with Crippen LogP contribution in [0, 0.1) is 10.1 Å². The second-order valence-electron chi connectivity index (χ2n) is 5.43. The molecule has 0 spiro atoms. The van der Waals surface area contributed by atoms with Gasteiger partial charge in [0.1, 0.15) is 0 Å². The molecule has 0 atom stereocenters. The Hall–Kier alpha value is -2.39. The zero-order valence-electron chi connectivity index (χ0n) is 14.1. The van der Waals surface area contributed by atoms with Gasteiger partial charge >= 0.3 is 5.69 Å². The number of phenols is 1. The summed E-state index contributed by atoms with van der Waals surface area (Å²) < 4.78 is 1.51. The Morgan fingerprint density at radius 1 is 1.21 bits per heavy atom. The van der Waals surface area contributed by atoms with E-state index in [0.717, 1.165) is 6.07 Å². The van der Waals surface area contributed by atoms with E-state index < -0.39 is 16.4 Å². The van der Waals surface area contributed by atoms with Gasteiger partial charge in [0, 0.05) is 39.7 Å². The van der Waals surface area contributed by atoms with Crippen molar-refractivity contribution in [3.8, 4) is 17.0 Å². The van der Waals surface area contributed by atoms with Crippen LogP contribution in [0.2, 0.25) is 15.1 Å². The van der Waals surface area contributed by atoms with Crippen molar-refractivity contribution in [2.75, 3.05) is 7.05 Å². The first-order chi connectivity index (χ1) is 13.3. The van der Waals surface area contributed by atoms with Crippen LogP contribution in [0.1, 0.15) is 5.56 Å². The van der Waals surface area contributed by atoms with Crippen molar-refractivity contribution in [1.29, 1.82) is 0 Å². The first-order valence-electron chi connectivity index (χ1n) is 7.62. The topological polar surface area (TPSA) is 93.0 Å². The first kappa shape index (κ1) is 20.3. The van der Waals surface area contributed by atoms with Gasteiger partial charge in [-0.3, -0.25) is 15.1 Å². The molecule has 144 valence electrons. The molecule has 3 aromatic rings. The minimum atomic E-state index is -0.720. The first-order valence-corrected chi connectivity index (χ1v) is 9.63. The van der Waals surface area contributed by atoms with Gasteiger partial charge < -0.3 is 5.11 Å². The maximum Gasteiger partial charge on any atom is 0.312 e. The fourth-order valence-corrected chi connectivity index (χ4v) is 3.93. The van der Waals surface area contributed by atoms with Crippen LogP contribution in [-0.4, -0.2) is 28.0 Å². The number of aromatic hydroxyl groups is 1. The summed E-state index contributed by atoms with van der Waals surface area (Å²) in [6.07, 6.45) is 1.27. The number of benzene rings is 2. The van der Waals surface area contributed by atoms with Crippen molar-refractivity contribution in [2.24, 2.45) is 10.1 Å². The number of hydrogen-bond donors (Lipinski definition) is 1.